The zero-order valence-corrected chi connectivity index (χ0v) is 26.1. The number of sulfonamides is 1. The first-order valence-electron chi connectivity index (χ1n) is 13.3. The van der Waals surface area contributed by atoms with E-state index >= 15 is 0 Å². The predicted octanol–water partition coefficient (Wildman–Crippen LogP) is 4.59. The van der Waals surface area contributed by atoms with Gasteiger partial charge in [-0.05, 0) is 29.8 Å². The Hall–Kier alpha value is -3.12. The van der Waals surface area contributed by atoms with E-state index in [4.69, 9.17) is 11.6 Å². The molecule has 10 nitrogen and oxygen atoms in total. The fourth-order valence-electron chi connectivity index (χ4n) is 4.91. The Bertz CT molecular complexity index is 2050. The molecular formula is C29H24ClF4N4NaO6S2. The number of rotatable bonds is 7. The third-order valence-corrected chi connectivity index (χ3v) is 10.5. The first-order valence-corrected chi connectivity index (χ1v) is 17.0. The molecule has 18 heteroatoms. The van der Waals surface area contributed by atoms with Crippen molar-refractivity contribution in [1.29, 1.82) is 0 Å². The first kappa shape index (κ1) is 36.7. The molecule has 1 aromatic heterocycles. The molecule has 47 heavy (non-hydrogen) atoms. The van der Waals surface area contributed by atoms with E-state index in [1.165, 1.54) is 29.2 Å². The molecule has 1 saturated heterocycles. The summed E-state index contributed by atoms with van der Waals surface area (Å²) in [7, 11) is -8.19. The summed E-state index contributed by atoms with van der Waals surface area (Å²) < 4.78 is 109. The van der Waals surface area contributed by atoms with E-state index in [1.807, 2.05) is 0 Å². The Balaban J connectivity index is 0.00000500. The Morgan fingerprint density at radius 3 is 2.02 bits per heavy atom. The topological polar surface area (TPSA) is 138 Å². The van der Waals surface area contributed by atoms with Gasteiger partial charge in [-0.2, -0.15) is 17.5 Å². The Labute approximate surface area is 294 Å². The van der Waals surface area contributed by atoms with Crippen LogP contribution in [0.5, 0.6) is 0 Å². The summed E-state index contributed by atoms with van der Waals surface area (Å²) >= 11 is 5.76. The van der Waals surface area contributed by atoms with Crippen LogP contribution in [0.4, 0.5) is 23.4 Å². The van der Waals surface area contributed by atoms with Crippen LogP contribution >= 0.6 is 11.6 Å². The molecule has 0 saturated carbocycles. The molecule has 0 atom stereocenters. The van der Waals surface area contributed by atoms with Gasteiger partial charge in [0.25, 0.3) is 0 Å². The van der Waals surface area contributed by atoms with Crippen LogP contribution in [0.3, 0.4) is 0 Å². The van der Waals surface area contributed by atoms with Crippen molar-refractivity contribution in [1.82, 2.24) is 14.3 Å². The molecule has 0 spiro atoms. The van der Waals surface area contributed by atoms with Crippen LogP contribution in [0.25, 0.3) is 22.4 Å². The fourth-order valence-corrected chi connectivity index (χ4v) is 7.27. The van der Waals surface area contributed by atoms with Crippen molar-refractivity contribution in [3.05, 3.63) is 89.0 Å². The van der Waals surface area contributed by atoms with E-state index in [1.54, 1.807) is 30.3 Å². The third-order valence-electron chi connectivity index (χ3n) is 7.17. The summed E-state index contributed by atoms with van der Waals surface area (Å²) in [4.78, 5) is 19.7. The second-order valence-corrected chi connectivity index (χ2v) is 14.5. The van der Waals surface area contributed by atoms with E-state index in [0.717, 1.165) is 10.6 Å². The average Bonchev–Trinajstić information content (AvgIpc) is 3.00. The molecule has 0 aliphatic carbocycles. The second kappa shape index (κ2) is 13.8. The van der Waals surface area contributed by atoms with Crippen LogP contribution in [0, 0.1) is 5.82 Å². The van der Waals surface area contributed by atoms with Crippen LogP contribution in [-0.4, -0.2) is 104 Å². The summed E-state index contributed by atoms with van der Waals surface area (Å²) in [5.74, 6) is -4.45. The quantitative estimate of drug-likeness (QED) is 0.215. The standard InChI is InChI=1S/C29H23ClF4N4O6S2.Na.H/c1-45(41,42)19-9-7-18(8-10-19)25-24(17-5-3-2-4-6-17)26(36-28(35-25)29(32,33)34)37-11-13-38(14-12-37)46(43,44)23-15-20(27(39)40)21(30)16-22(23)31;;/h2-10,15-16H,11-14H2,1H3,(H,39,40);;. The molecule has 0 unspecified atom stereocenters. The molecule has 0 amide bonds. The summed E-state index contributed by atoms with van der Waals surface area (Å²) in [5, 5.41) is 8.84. The number of carboxylic acid groups (broad SMARTS) is 1. The maximum atomic E-state index is 14.7. The van der Waals surface area contributed by atoms with Crippen LogP contribution < -0.4 is 4.90 Å². The van der Waals surface area contributed by atoms with Crippen molar-refractivity contribution in [3.8, 4) is 22.4 Å². The molecule has 1 N–H and O–H groups in total. The van der Waals surface area contributed by atoms with E-state index in [0.29, 0.717) is 17.7 Å². The Kier molecular flexibility index (Phi) is 10.8. The summed E-state index contributed by atoms with van der Waals surface area (Å²) in [6.07, 6.45) is -3.99. The van der Waals surface area contributed by atoms with Crippen LogP contribution in [0.15, 0.2) is 76.5 Å². The molecule has 5 rings (SSSR count). The van der Waals surface area contributed by atoms with Crippen molar-refractivity contribution in [2.24, 2.45) is 0 Å². The molecule has 1 aliphatic heterocycles. The number of carboxylic acids is 1. The van der Waals surface area contributed by atoms with Gasteiger partial charge in [0, 0.05) is 38.0 Å². The van der Waals surface area contributed by atoms with Crippen LogP contribution in [0.1, 0.15) is 16.2 Å². The Morgan fingerprint density at radius 1 is 0.894 bits per heavy atom. The fraction of sp³-hybridized carbons (Fsp3) is 0.207. The Morgan fingerprint density at radius 2 is 1.49 bits per heavy atom. The zero-order valence-electron chi connectivity index (χ0n) is 23.7. The molecule has 0 bridgehead atoms. The predicted molar refractivity (Wildman–Crippen MR) is 168 cm³/mol. The van der Waals surface area contributed by atoms with Gasteiger partial charge >= 0.3 is 41.7 Å². The summed E-state index contributed by atoms with van der Waals surface area (Å²) in [6.45, 7) is -0.989. The number of alkyl halides is 3. The number of halogens is 5. The normalized spacial score (nSPS) is 14.5. The average molecular weight is 723 g/mol. The van der Waals surface area contributed by atoms with Gasteiger partial charge in [0.1, 0.15) is 16.5 Å². The first-order chi connectivity index (χ1) is 21.5. The SMILES string of the molecule is CS(=O)(=O)c1ccc(-c2nc(C(F)(F)F)nc(N3CCN(S(=O)(=O)c4cc(C(=O)O)c(Cl)cc4F)CC3)c2-c2ccccc2)cc1.[NaH]. The van der Waals surface area contributed by atoms with Gasteiger partial charge in [0.2, 0.25) is 15.8 Å². The zero-order chi connectivity index (χ0) is 33.6. The number of hydrogen-bond acceptors (Lipinski definition) is 8. The maximum absolute atomic E-state index is 14.7. The molecule has 3 aromatic carbocycles. The number of benzene rings is 3. The van der Waals surface area contributed by atoms with Crippen molar-refractivity contribution in [2.45, 2.75) is 16.0 Å². The van der Waals surface area contributed by atoms with Crippen LogP contribution in [-0.2, 0) is 26.0 Å². The second-order valence-electron chi connectivity index (χ2n) is 10.2. The number of anilines is 1. The summed E-state index contributed by atoms with van der Waals surface area (Å²) in [6, 6.07) is 14.7. The molecular weight excluding hydrogens is 699 g/mol. The van der Waals surface area contributed by atoms with Gasteiger partial charge in [-0.3, -0.25) is 0 Å². The van der Waals surface area contributed by atoms with E-state index in [2.05, 4.69) is 9.97 Å². The number of hydrogen-bond donors (Lipinski definition) is 1. The van der Waals surface area contributed by atoms with Gasteiger partial charge in [0.15, 0.2) is 9.84 Å². The number of aromatic nitrogens is 2. The number of sulfone groups is 1. The van der Waals surface area contributed by atoms with E-state index < -0.39 is 59.1 Å². The van der Waals surface area contributed by atoms with Gasteiger partial charge in [-0.1, -0.05) is 54.1 Å². The monoisotopic (exact) mass is 722 g/mol. The number of carbonyl (C=O) groups is 1. The minimum atomic E-state index is -4.98. The van der Waals surface area contributed by atoms with Gasteiger partial charge in [-0.15, -0.1) is 0 Å². The molecule has 4 aromatic rings. The molecule has 244 valence electrons. The van der Waals surface area contributed by atoms with Crippen LogP contribution in [0.2, 0.25) is 5.02 Å². The third kappa shape index (κ3) is 7.63. The van der Waals surface area contributed by atoms with Gasteiger partial charge < -0.3 is 10.0 Å². The number of nitrogens with zero attached hydrogens (tertiary/aromatic N) is 4. The number of aromatic carboxylic acids is 1. The molecule has 1 fully saturated rings. The number of piperazine rings is 1. The van der Waals surface area contributed by atoms with E-state index in [-0.39, 0.29) is 83.3 Å². The molecule has 1 aliphatic rings. The van der Waals surface area contributed by atoms with Crippen molar-refractivity contribution < 1.29 is 44.3 Å². The van der Waals surface area contributed by atoms with Crippen molar-refractivity contribution in [2.75, 3.05) is 37.3 Å². The van der Waals surface area contributed by atoms with E-state index in [9.17, 15) is 44.3 Å². The van der Waals surface area contributed by atoms with Crippen molar-refractivity contribution in [3.63, 3.8) is 0 Å². The summed E-state index contributed by atoms with van der Waals surface area (Å²) in [5.41, 5.74) is 0.0439. The van der Waals surface area contributed by atoms with Gasteiger partial charge in [-0.25, -0.2) is 36.0 Å². The van der Waals surface area contributed by atoms with Gasteiger partial charge in [0.05, 0.1) is 26.7 Å². The minimum absolute atomic E-state index is 0. The van der Waals surface area contributed by atoms with Crippen molar-refractivity contribution >= 4 is 72.8 Å². The molecule has 0 radical (unpaired) electrons. The molecule has 2 heterocycles.